The van der Waals surface area contributed by atoms with Crippen molar-refractivity contribution in [2.45, 2.75) is 39.7 Å². The Hall–Kier alpha value is -0.990. The van der Waals surface area contributed by atoms with Crippen molar-refractivity contribution in [2.75, 3.05) is 0 Å². The van der Waals surface area contributed by atoms with E-state index < -0.39 is 5.60 Å². The molecular weight excluding hydrogens is 154 g/mol. The van der Waals surface area contributed by atoms with Crippen LogP contribution in [-0.2, 0) is 9.53 Å². The molecule has 0 saturated carbocycles. The van der Waals surface area contributed by atoms with Crippen molar-refractivity contribution in [3.63, 3.8) is 0 Å². The van der Waals surface area contributed by atoms with E-state index in [9.17, 15) is 4.79 Å². The molecule has 0 unspecified atom stereocenters. The van der Waals surface area contributed by atoms with E-state index in [1.807, 2.05) is 27.7 Å². The molecule has 0 aliphatic rings. The second-order valence-electron chi connectivity index (χ2n) is 3.61. The molecule has 0 saturated heterocycles. The van der Waals surface area contributed by atoms with E-state index in [0.29, 0.717) is 12.1 Å². The monoisotopic (exact) mass is 171 g/mol. The molecular formula is C9H17NO2. The molecule has 3 heteroatoms. The van der Waals surface area contributed by atoms with Gasteiger partial charge in [0.1, 0.15) is 5.60 Å². The van der Waals surface area contributed by atoms with Crippen molar-refractivity contribution in [3.8, 4) is 0 Å². The summed E-state index contributed by atoms with van der Waals surface area (Å²) in [5.41, 5.74) is 5.56. The summed E-state index contributed by atoms with van der Waals surface area (Å²) in [6.45, 7) is 7.35. The van der Waals surface area contributed by atoms with Gasteiger partial charge in [-0.05, 0) is 27.2 Å². The largest absolute Gasteiger partial charge is 0.457 e. The molecule has 0 aliphatic carbocycles. The summed E-state index contributed by atoms with van der Waals surface area (Å²) in [7, 11) is 0. The minimum atomic E-state index is -0.443. The lowest BCUT2D eigenvalue weighted by atomic mass is 10.2. The molecule has 0 spiro atoms. The maximum atomic E-state index is 11.0. The van der Waals surface area contributed by atoms with Crippen LogP contribution in [0.3, 0.4) is 0 Å². The fourth-order valence-corrected chi connectivity index (χ4v) is 0.585. The molecule has 2 N–H and O–H groups in total. The highest BCUT2D eigenvalue weighted by molar-refractivity contribution is 5.82. The Bertz CT molecular complexity index is 189. The number of carbonyl (C=O) groups excluding carboxylic acids is 1. The lowest BCUT2D eigenvalue weighted by Gasteiger charge is -2.18. The Labute approximate surface area is 73.6 Å². The fraction of sp³-hybridized carbons (Fsp3) is 0.667. The zero-order chi connectivity index (χ0) is 9.78. The average molecular weight is 171 g/mol. The lowest BCUT2D eigenvalue weighted by Crippen LogP contribution is -2.23. The fourth-order valence-electron chi connectivity index (χ4n) is 0.585. The van der Waals surface area contributed by atoms with Crippen LogP contribution in [0.1, 0.15) is 34.1 Å². The minimum absolute atomic E-state index is 0.373. The number of rotatable bonds is 2. The molecule has 0 bridgehead atoms. The van der Waals surface area contributed by atoms with E-state index in [0.717, 1.165) is 0 Å². The Kier molecular flexibility index (Phi) is 3.80. The van der Waals surface area contributed by atoms with Gasteiger partial charge >= 0.3 is 5.97 Å². The number of carbonyl (C=O) groups is 1. The van der Waals surface area contributed by atoms with Crippen molar-refractivity contribution >= 4 is 5.97 Å². The van der Waals surface area contributed by atoms with Gasteiger partial charge in [0.05, 0.1) is 0 Å². The van der Waals surface area contributed by atoms with E-state index in [2.05, 4.69) is 0 Å². The molecule has 0 aliphatic heterocycles. The van der Waals surface area contributed by atoms with Crippen LogP contribution in [0, 0.1) is 0 Å². The van der Waals surface area contributed by atoms with Gasteiger partial charge in [0, 0.05) is 11.8 Å². The first-order valence-electron chi connectivity index (χ1n) is 4.04. The molecule has 0 radical (unpaired) electrons. The third kappa shape index (κ3) is 5.77. The van der Waals surface area contributed by atoms with Gasteiger partial charge in [-0.25, -0.2) is 4.79 Å². The number of hydrogen-bond donors (Lipinski definition) is 1. The van der Waals surface area contributed by atoms with Gasteiger partial charge < -0.3 is 10.5 Å². The summed E-state index contributed by atoms with van der Waals surface area (Å²) in [6.07, 6.45) is 1.99. The summed E-state index contributed by atoms with van der Waals surface area (Å²) in [6, 6.07) is 0. The SMILES string of the molecule is CC/C(N)=C/C(=O)OC(C)(C)C. The van der Waals surface area contributed by atoms with Gasteiger partial charge in [0.25, 0.3) is 0 Å². The molecule has 0 aromatic heterocycles. The van der Waals surface area contributed by atoms with Crippen LogP contribution in [0.5, 0.6) is 0 Å². The van der Waals surface area contributed by atoms with Gasteiger partial charge in [-0.3, -0.25) is 0 Å². The molecule has 0 amide bonds. The molecule has 0 fully saturated rings. The summed E-state index contributed by atoms with van der Waals surface area (Å²) < 4.78 is 5.01. The molecule has 0 aromatic carbocycles. The molecule has 3 nitrogen and oxygen atoms in total. The number of esters is 1. The third-order valence-corrected chi connectivity index (χ3v) is 1.12. The van der Waals surface area contributed by atoms with Crippen LogP contribution in [0.2, 0.25) is 0 Å². The van der Waals surface area contributed by atoms with Crippen molar-refractivity contribution < 1.29 is 9.53 Å². The maximum Gasteiger partial charge on any atom is 0.333 e. The molecule has 70 valence electrons. The molecule has 0 rings (SSSR count). The van der Waals surface area contributed by atoms with Crippen LogP contribution >= 0.6 is 0 Å². The lowest BCUT2D eigenvalue weighted by molar-refractivity contribution is -0.148. The Balaban J connectivity index is 4.08. The second-order valence-corrected chi connectivity index (χ2v) is 3.61. The zero-order valence-corrected chi connectivity index (χ0v) is 8.18. The van der Waals surface area contributed by atoms with Crippen molar-refractivity contribution in [1.82, 2.24) is 0 Å². The topological polar surface area (TPSA) is 52.3 Å². The number of nitrogens with two attached hydrogens (primary N) is 1. The molecule has 12 heavy (non-hydrogen) atoms. The van der Waals surface area contributed by atoms with Crippen LogP contribution in [0.25, 0.3) is 0 Å². The van der Waals surface area contributed by atoms with E-state index in [1.54, 1.807) is 0 Å². The molecule has 0 atom stereocenters. The average Bonchev–Trinajstić information content (AvgIpc) is 1.82. The van der Waals surface area contributed by atoms with E-state index in [1.165, 1.54) is 6.08 Å². The van der Waals surface area contributed by atoms with Gasteiger partial charge in [-0.1, -0.05) is 6.92 Å². The van der Waals surface area contributed by atoms with E-state index in [4.69, 9.17) is 10.5 Å². The highest BCUT2D eigenvalue weighted by Crippen LogP contribution is 2.07. The number of ether oxygens (including phenoxy) is 1. The van der Waals surface area contributed by atoms with Gasteiger partial charge in [-0.2, -0.15) is 0 Å². The van der Waals surface area contributed by atoms with Crippen LogP contribution in [0.4, 0.5) is 0 Å². The van der Waals surface area contributed by atoms with Crippen molar-refractivity contribution in [1.29, 1.82) is 0 Å². The first-order chi connectivity index (χ1) is 5.35. The van der Waals surface area contributed by atoms with Crippen molar-refractivity contribution in [3.05, 3.63) is 11.8 Å². The van der Waals surface area contributed by atoms with Crippen LogP contribution in [-0.4, -0.2) is 11.6 Å². The first-order valence-corrected chi connectivity index (χ1v) is 4.04. The first kappa shape index (κ1) is 11.0. The predicted molar refractivity (Wildman–Crippen MR) is 48.4 cm³/mol. The highest BCUT2D eigenvalue weighted by Gasteiger charge is 2.14. The van der Waals surface area contributed by atoms with Crippen LogP contribution < -0.4 is 5.73 Å². The smallest absolute Gasteiger partial charge is 0.333 e. The second kappa shape index (κ2) is 4.14. The predicted octanol–water partition coefficient (Wildman–Crippen LogP) is 1.58. The summed E-state index contributed by atoms with van der Waals surface area (Å²) in [5.74, 6) is -0.373. The van der Waals surface area contributed by atoms with Gasteiger partial charge in [0.15, 0.2) is 0 Å². The standard InChI is InChI=1S/C9H17NO2/c1-5-7(10)6-8(11)12-9(2,3)4/h6H,5,10H2,1-4H3/b7-6-. The quantitative estimate of drug-likeness (QED) is 0.507. The Morgan fingerprint density at radius 2 is 2.00 bits per heavy atom. The van der Waals surface area contributed by atoms with Crippen LogP contribution in [0.15, 0.2) is 11.8 Å². The Morgan fingerprint density at radius 3 is 2.33 bits per heavy atom. The minimum Gasteiger partial charge on any atom is -0.457 e. The van der Waals surface area contributed by atoms with Gasteiger partial charge in [-0.15, -0.1) is 0 Å². The molecule has 0 aromatic rings. The summed E-state index contributed by atoms with van der Waals surface area (Å²) >= 11 is 0. The maximum absolute atomic E-state index is 11.0. The van der Waals surface area contributed by atoms with E-state index >= 15 is 0 Å². The highest BCUT2D eigenvalue weighted by atomic mass is 16.6. The van der Waals surface area contributed by atoms with Gasteiger partial charge in [0.2, 0.25) is 0 Å². The zero-order valence-electron chi connectivity index (χ0n) is 8.18. The summed E-state index contributed by atoms with van der Waals surface area (Å²) in [5, 5.41) is 0. The normalized spacial score (nSPS) is 12.8. The molecule has 0 heterocycles. The number of allylic oxidation sites excluding steroid dienone is 1. The third-order valence-electron chi connectivity index (χ3n) is 1.12. The number of hydrogen-bond acceptors (Lipinski definition) is 3. The van der Waals surface area contributed by atoms with E-state index in [-0.39, 0.29) is 5.97 Å². The summed E-state index contributed by atoms with van der Waals surface area (Å²) in [4.78, 5) is 11.0. The van der Waals surface area contributed by atoms with Crippen molar-refractivity contribution in [2.24, 2.45) is 5.73 Å². The Morgan fingerprint density at radius 1 is 1.50 bits per heavy atom.